The molecule has 0 amide bonds. The van der Waals surface area contributed by atoms with Gasteiger partial charge in [-0.25, -0.2) is 0 Å². The van der Waals surface area contributed by atoms with E-state index in [1.165, 1.54) is 18.5 Å². The van der Waals surface area contributed by atoms with Gasteiger partial charge in [0.05, 0.1) is 12.8 Å². The fraction of sp³-hybridized carbons (Fsp3) is 0.400. The predicted octanol–water partition coefficient (Wildman–Crippen LogP) is 2.79. The summed E-state index contributed by atoms with van der Waals surface area (Å²) in [6.07, 6.45) is 7.27. The molecule has 0 unspecified atom stereocenters. The molecule has 0 aromatic carbocycles. The highest BCUT2D eigenvalue weighted by Gasteiger charge is 2.31. The molecule has 0 aliphatic heterocycles. The summed E-state index contributed by atoms with van der Waals surface area (Å²) in [6.45, 7) is 0.807. The molecule has 0 saturated heterocycles. The summed E-state index contributed by atoms with van der Waals surface area (Å²) < 4.78 is 5.36. The third kappa shape index (κ3) is 2.99. The minimum Gasteiger partial charge on any atom is -0.468 e. The summed E-state index contributed by atoms with van der Waals surface area (Å²) in [6, 6.07) is 10.6. The van der Waals surface area contributed by atoms with Crippen LogP contribution in [0.5, 0.6) is 0 Å². The van der Waals surface area contributed by atoms with Gasteiger partial charge in [0.1, 0.15) is 5.76 Å². The number of nitrogens with zero attached hydrogens (tertiary/aromatic N) is 1. The molecular formula is C15H18N2O. The molecule has 94 valence electrons. The van der Waals surface area contributed by atoms with E-state index in [1.807, 2.05) is 24.4 Å². The Hall–Kier alpha value is -1.61. The molecule has 18 heavy (non-hydrogen) atoms. The number of aromatic nitrogens is 1. The highest BCUT2D eigenvalue weighted by molar-refractivity contribution is 5.07. The van der Waals surface area contributed by atoms with Gasteiger partial charge in [0.25, 0.3) is 0 Å². The second-order valence-corrected chi connectivity index (χ2v) is 4.93. The number of pyridine rings is 1. The van der Waals surface area contributed by atoms with E-state index in [2.05, 4.69) is 22.4 Å². The molecule has 1 saturated carbocycles. The van der Waals surface area contributed by atoms with Crippen molar-refractivity contribution in [2.45, 2.75) is 31.8 Å². The minimum absolute atomic E-state index is 0.519. The maximum absolute atomic E-state index is 5.36. The Morgan fingerprint density at radius 3 is 2.89 bits per heavy atom. The molecule has 1 N–H and O–H groups in total. The molecule has 3 rings (SSSR count). The Balaban J connectivity index is 1.58. The van der Waals surface area contributed by atoms with Crippen molar-refractivity contribution in [3.8, 4) is 0 Å². The Morgan fingerprint density at radius 1 is 1.28 bits per heavy atom. The smallest absolute Gasteiger partial charge is 0.117 e. The molecule has 1 atom stereocenters. The average molecular weight is 242 g/mol. The van der Waals surface area contributed by atoms with Crippen molar-refractivity contribution < 1.29 is 4.42 Å². The Kier molecular flexibility index (Phi) is 3.42. The van der Waals surface area contributed by atoms with E-state index < -0.39 is 0 Å². The zero-order chi connectivity index (χ0) is 12.2. The third-order valence-electron chi connectivity index (χ3n) is 3.46. The topological polar surface area (TPSA) is 38.1 Å². The monoisotopic (exact) mass is 242 g/mol. The second kappa shape index (κ2) is 5.36. The van der Waals surface area contributed by atoms with Gasteiger partial charge in [-0.1, -0.05) is 6.07 Å². The van der Waals surface area contributed by atoms with Crippen LogP contribution >= 0.6 is 0 Å². The molecule has 2 aromatic heterocycles. The number of hydrogen-bond donors (Lipinski definition) is 1. The first-order chi connectivity index (χ1) is 8.92. The largest absolute Gasteiger partial charge is 0.468 e. The Bertz CT molecular complexity index is 463. The molecule has 1 aliphatic carbocycles. The van der Waals surface area contributed by atoms with Crippen molar-refractivity contribution in [3.05, 3.63) is 54.2 Å². The summed E-state index contributed by atoms with van der Waals surface area (Å²) in [7, 11) is 0. The predicted molar refractivity (Wildman–Crippen MR) is 70.0 cm³/mol. The van der Waals surface area contributed by atoms with Crippen molar-refractivity contribution in [2.75, 3.05) is 0 Å². The van der Waals surface area contributed by atoms with Crippen LogP contribution in [0.15, 0.2) is 47.2 Å². The van der Waals surface area contributed by atoms with Gasteiger partial charge < -0.3 is 9.73 Å². The van der Waals surface area contributed by atoms with E-state index in [4.69, 9.17) is 4.42 Å². The SMILES string of the molecule is c1ccc(C[C@@H](NCc2ccco2)C2CC2)nc1. The van der Waals surface area contributed by atoms with Crippen LogP contribution in [0.1, 0.15) is 24.3 Å². The van der Waals surface area contributed by atoms with Gasteiger partial charge in [0.2, 0.25) is 0 Å². The van der Waals surface area contributed by atoms with Crippen LogP contribution in [0.25, 0.3) is 0 Å². The Morgan fingerprint density at radius 2 is 2.22 bits per heavy atom. The first kappa shape index (κ1) is 11.5. The molecule has 2 heterocycles. The summed E-state index contributed by atoms with van der Waals surface area (Å²) in [5, 5.41) is 3.60. The molecule has 0 spiro atoms. The van der Waals surface area contributed by atoms with Gasteiger partial charge in [-0.15, -0.1) is 0 Å². The van der Waals surface area contributed by atoms with Gasteiger partial charge in [-0.2, -0.15) is 0 Å². The van der Waals surface area contributed by atoms with E-state index in [9.17, 15) is 0 Å². The van der Waals surface area contributed by atoms with Crippen molar-refractivity contribution in [3.63, 3.8) is 0 Å². The lowest BCUT2D eigenvalue weighted by atomic mass is 10.1. The van der Waals surface area contributed by atoms with E-state index in [1.54, 1.807) is 6.26 Å². The molecule has 1 fully saturated rings. The van der Waals surface area contributed by atoms with Crippen LogP contribution in [0.4, 0.5) is 0 Å². The fourth-order valence-corrected chi connectivity index (χ4v) is 2.29. The Labute approximate surface area is 107 Å². The van der Waals surface area contributed by atoms with Crippen molar-refractivity contribution in [1.29, 1.82) is 0 Å². The lowest BCUT2D eigenvalue weighted by molar-refractivity contribution is 0.413. The maximum Gasteiger partial charge on any atom is 0.117 e. The first-order valence-corrected chi connectivity index (χ1v) is 6.57. The molecule has 2 aromatic rings. The summed E-state index contributed by atoms with van der Waals surface area (Å²) in [5.74, 6) is 1.81. The molecule has 0 bridgehead atoms. The first-order valence-electron chi connectivity index (χ1n) is 6.57. The van der Waals surface area contributed by atoms with Crippen molar-refractivity contribution in [1.82, 2.24) is 10.3 Å². The zero-order valence-corrected chi connectivity index (χ0v) is 10.4. The van der Waals surface area contributed by atoms with Crippen LogP contribution in [-0.4, -0.2) is 11.0 Å². The normalized spacial score (nSPS) is 16.7. The number of rotatable bonds is 6. The maximum atomic E-state index is 5.36. The van der Waals surface area contributed by atoms with E-state index in [0.717, 1.165) is 24.6 Å². The lowest BCUT2D eigenvalue weighted by Crippen LogP contribution is -2.32. The van der Waals surface area contributed by atoms with Gasteiger partial charge in [-0.05, 0) is 43.0 Å². The molecule has 0 radical (unpaired) electrons. The summed E-state index contributed by atoms with van der Waals surface area (Å²) in [5.41, 5.74) is 1.17. The van der Waals surface area contributed by atoms with Crippen LogP contribution in [0.2, 0.25) is 0 Å². The molecule has 1 aliphatic rings. The van der Waals surface area contributed by atoms with Gasteiger partial charge in [0, 0.05) is 24.4 Å². The van der Waals surface area contributed by atoms with Crippen LogP contribution in [0.3, 0.4) is 0 Å². The average Bonchev–Trinajstić information content (AvgIpc) is 3.12. The number of nitrogens with one attached hydrogen (secondary N) is 1. The summed E-state index contributed by atoms with van der Waals surface area (Å²) >= 11 is 0. The van der Waals surface area contributed by atoms with E-state index in [0.29, 0.717) is 6.04 Å². The van der Waals surface area contributed by atoms with E-state index >= 15 is 0 Å². The highest BCUT2D eigenvalue weighted by atomic mass is 16.3. The van der Waals surface area contributed by atoms with Crippen LogP contribution in [-0.2, 0) is 13.0 Å². The number of hydrogen-bond acceptors (Lipinski definition) is 3. The quantitative estimate of drug-likeness (QED) is 0.846. The minimum atomic E-state index is 0.519. The zero-order valence-electron chi connectivity index (χ0n) is 10.4. The highest BCUT2D eigenvalue weighted by Crippen LogP contribution is 2.34. The van der Waals surface area contributed by atoms with Crippen molar-refractivity contribution in [2.24, 2.45) is 5.92 Å². The molecular weight excluding hydrogens is 224 g/mol. The van der Waals surface area contributed by atoms with Gasteiger partial charge in [-0.3, -0.25) is 4.98 Å². The standard InChI is InChI=1S/C15H18N2O/c1-2-8-16-13(4-1)10-15(12-6-7-12)17-11-14-5-3-9-18-14/h1-5,8-9,12,15,17H,6-7,10-11H2/t15-/m1/s1. The van der Waals surface area contributed by atoms with Gasteiger partial charge in [0.15, 0.2) is 0 Å². The van der Waals surface area contributed by atoms with Crippen LogP contribution in [0, 0.1) is 5.92 Å². The second-order valence-electron chi connectivity index (χ2n) is 4.93. The molecule has 3 nitrogen and oxygen atoms in total. The number of furan rings is 1. The third-order valence-corrected chi connectivity index (χ3v) is 3.46. The molecule has 3 heteroatoms. The van der Waals surface area contributed by atoms with E-state index in [-0.39, 0.29) is 0 Å². The summed E-state index contributed by atoms with van der Waals surface area (Å²) in [4.78, 5) is 4.41. The van der Waals surface area contributed by atoms with Gasteiger partial charge >= 0.3 is 0 Å². The lowest BCUT2D eigenvalue weighted by Gasteiger charge is -2.17. The fourth-order valence-electron chi connectivity index (χ4n) is 2.29. The van der Waals surface area contributed by atoms with Crippen LogP contribution < -0.4 is 5.32 Å². The van der Waals surface area contributed by atoms with Crippen molar-refractivity contribution >= 4 is 0 Å².